The second-order valence-corrected chi connectivity index (χ2v) is 15.7. The van der Waals surface area contributed by atoms with Gasteiger partial charge in [0.25, 0.3) is 5.56 Å². The summed E-state index contributed by atoms with van der Waals surface area (Å²) in [5.41, 5.74) is -3.11. The molecule has 8 rings (SSSR count). The molecule has 5 aliphatic rings. The molecule has 3 aromatic rings. The van der Waals surface area contributed by atoms with Gasteiger partial charge in [-0.3, -0.25) is 14.2 Å². The molecule has 0 unspecified atom stereocenters. The van der Waals surface area contributed by atoms with Gasteiger partial charge in [0.15, 0.2) is 0 Å². The number of hydrogen-bond donors (Lipinski definition) is 4. The third kappa shape index (κ3) is 6.47. The molecule has 2 bridgehead atoms. The first kappa shape index (κ1) is 36.9. The minimum atomic E-state index is -4.54. The van der Waals surface area contributed by atoms with E-state index in [0.717, 1.165) is 25.0 Å². The number of alkyl halides is 3. The van der Waals surface area contributed by atoms with Crippen molar-refractivity contribution < 1.29 is 36.5 Å². The van der Waals surface area contributed by atoms with E-state index in [4.69, 9.17) is 9.31 Å². The van der Waals surface area contributed by atoms with Crippen molar-refractivity contribution in [2.75, 3.05) is 10.6 Å². The first-order valence-corrected chi connectivity index (χ1v) is 17.9. The van der Waals surface area contributed by atoms with Crippen LogP contribution in [0.4, 0.5) is 33.7 Å². The largest absolute Gasteiger partial charge is 0.481 e. The van der Waals surface area contributed by atoms with E-state index < -0.39 is 65.3 Å². The second-order valence-electron chi connectivity index (χ2n) is 15.7. The summed E-state index contributed by atoms with van der Waals surface area (Å²) >= 11 is 0. The smallest absolute Gasteiger partial charge is 0.404 e. The number of hydrogen-bond acceptors (Lipinski definition) is 7. The maximum Gasteiger partial charge on any atom is 0.481 e. The number of rotatable bonds is 9. The monoisotopic (exact) mass is 738 g/mol. The number of para-hydroxylation sites is 1. The highest BCUT2D eigenvalue weighted by Crippen LogP contribution is 2.65. The number of nitrogens with zero attached hydrogens (tertiary/aromatic N) is 2. The van der Waals surface area contributed by atoms with Gasteiger partial charge in [0.2, 0.25) is 5.91 Å². The second kappa shape index (κ2) is 13.1. The number of urea groups is 1. The Hall–Kier alpha value is -4.44. The topological polar surface area (TPSA) is 136 Å². The van der Waals surface area contributed by atoms with Crippen LogP contribution in [-0.4, -0.2) is 46.3 Å². The fourth-order valence-electron chi connectivity index (χ4n) is 8.91. The summed E-state index contributed by atoms with van der Waals surface area (Å²) in [6.07, 6.45) is -1.13. The molecule has 2 aliphatic heterocycles. The molecule has 3 amide bonds. The molecule has 4 N–H and O–H groups in total. The molecule has 3 heterocycles. The van der Waals surface area contributed by atoms with Crippen LogP contribution in [0, 0.1) is 23.1 Å². The zero-order chi connectivity index (χ0) is 38.1. The van der Waals surface area contributed by atoms with Crippen molar-refractivity contribution >= 4 is 30.4 Å². The Morgan fingerprint density at radius 2 is 1.83 bits per heavy atom. The maximum atomic E-state index is 14.4. The summed E-state index contributed by atoms with van der Waals surface area (Å²) in [5.74, 6) is -0.837. The van der Waals surface area contributed by atoms with Gasteiger partial charge in [0, 0.05) is 13.0 Å². The Balaban J connectivity index is 1.15. The number of aromatic nitrogens is 2. The average molecular weight is 739 g/mol. The number of carbonyl (C=O) groups is 2. The van der Waals surface area contributed by atoms with Crippen LogP contribution in [0.15, 0.2) is 59.5 Å². The first-order chi connectivity index (χ1) is 24.9. The summed E-state index contributed by atoms with van der Waals surface area (Å²) in [6.45, 7) is 9.98. The van der Waals surface area contributed by atoms with E-state index in [1.165, 1.54) is 41.1 Å². The molecule has 16 heteroatoms. The van der Waals surface area contributed by atoms with Gasteiger partial charge in [-0.25, -0.2) is 14.2 Å². The van der Waals surface area contributed by atoms with Gasteiger partial charge in [-0.1, -0.05) is 45.0 Å². The fraction of sp³-hybridized carbons (Fsp3) is 0.514. The molecular weight excluding hydrogens is 695 g/mol. The van der Waals surface area contributed by atoms with Gasteiger partial charge in [0.05, 0.1) is 40.6 Å². The van der Waals surface area contributed by atoms with Crippen molar-refractivity contribution in [3.8, 4) is 0 Å². The zero-order valence-corrected chi connectivity index (χ0v) is 30.1. The van der Waals surface area contributed by atoms with E-state index in [2.05, 4.69) is 47.0 Å². The molecule has 2 aromatic carbocycles. The minimum Gasteiger partial charge on any atom is -0.404 e. The number of fused-ring (bicyclic) bond motifs is 1. The molecule has 11 nitrogen and oxygen atoms in total. The third-order valence-corrected chi connectivity index (χ3v) is 12.0. The molecule has 3 aliphatic carbocycles. The van der Waals surface area contributed by atoms with E-state index >= 15 is 0 Å². The van der Waals surface area contributed by atoms with Crippen LogP contribution in [0.3, 0.4) is 0 Å². The zero-order valence-electron chi connectivity index (χ0n) is 30.1. The lowest BCUT2D eigenvalue weighted by Gasteiger charge is -2.64. The van der Waals surface area contributed by atoms with Crippen molar-refractivity contribution in [2.24, 2.45) is 17.3 Å². The van der Waals surface area contributed by atoms with Gasteiger partial charge >= 0.3 is 19.3 Å². The first-order valence-electron chi connectivity index (χ1n) is 17.9. The van der Waals surface area contributed by atoms with Crippen LogP contribution in [0.5, 0.6) is 0 Å². The molecule has 0 spiro atoms. The average Bonchev–Trinajstić information content (AvgIpc) is 3.61. The molecular formula is C37H43BF4N6O5. The number of anilines is 2. The Morgan fingerprint density at radius 1 is 1.08 bits per heavy atom. The van der Waals surface area contributed by atoms with Gasteiger partial charge in [-0.2, -0.15) is 13.2 Å². The lowest BCUT2D eigenvalue weighted by atomic mass is 9.43. The quantitative estimate of drug-likeness (QED) is 0.153. The highest BCUT2D eigenvalue weighted by Gasteiger charge is 2.68. The number of carbonyl (C=O) groups excluding carboxylic acids is 2. The predicted molar refractivity (Wildman–Crippen MR) is 189 cm³/mol. The third-order valence-electron chi connectivity index (χ3n) is 12.0. The summed E-state index contributed by atoms with van der Waals surface area (Å²) in [4.78, 5) is 46.1. The Labute approximate surface area is 304 Å². The van der Waals surface area contributed by atoms with E-state index in [0.29, 0.717) is 18.3 Å². The molecule has 7 atom stereocenters. The number of halogens is 4. The van der Waals surface area contributed by atoms with Crippen molar-refractivity contribution in [2.45, 2.75) is 102 Å². The summed E-state index contributed by atoms with van der Waals surface area (Å²) in [7, 11) is -0.721. The van der Waals surface area contributed by atoms with E-state index in [9.17, 15) is 31.9 Å². The highest BCUT2D eigenvalue weighted by molar-refractivity contribution is 6.47. The predicted octanol–water partition coefficient (Wildman–Crippen LogP) is 6.16. The van der Waals surface area contributed by atoms with Gasteiger partial charge in [-0.05, 0) is 80.2 Å². The molecule has 3 saturated carbocycles. The van der Waals surface area contributed by atoms with E-state index in [1.807, 2.05) is 6.92 Å². The van der Waals surface area contributed by atoms with E-state index in [-0.39, 0.29) is 47.2 Å². The van der Waals surface area contributed by atoms with Crippen LogP contribution in [-0.2, 0) is 32.4 Å². The highest BCUT2D eigenvalue weighted by atomic mass is 19.4. The van der Waals surface area contributed by atoms with Crippen molar-refractivity contribution in [1.29, 1.82) is 0 Å². The van der Waals surface area contributed by atoms with Crippen molar-refractivity contribution in [3.05, 3.63) is 87.9 Å². The van der Waals surface area contributed by atoms with Crippen molar-refractivity contribution in [1.82, 2.24) is 20.2 Å². The number of nitrogens with one attached hydrogen (secondary N) is 4. The number of amides is 3. The van der Waals surface area contributed by atoms with Gasteiger partial charge < -0.3 is 30.6 Å². The molecule has 1 aromatic heterocycles. The summed E-state index contributed by atoms with van der Waals surface area (Å²) < 4.78 is 68.7. The molecule has 1 saturated heterocycles. The molecule has 4 fully saturated rings. The lowest BCUT2D eigenvalue weighted by molar-refractivity contribution is -0.199. The Bertz CT molecular complexity index is 2000. The standard InChI is InChI=1S/C37H43BF4N6O5/c1-6-29(38-52-28-16-22-15-27(34(22,2)3)36(28,5)53-38)46-30(49)26-17-35(4,47-33(51)45-24-13-8-7-12-23(24)39)32-44-19-25(31(50)48(26)32)43-18-20-10-9-11-21(14-20)37(40,41)42/h7-14,19,22,26-29,43H,6,15-18H2,1-5H3,(H,46,49)(H2,45,47,51)/t22-,26-,27-,28+,29-,35+,36-/m0/s1. The molecule has 53 heavy (non-hydrogen) atoms. The fourth-order valence-corrected chi connectivity index (χ4v) is 8.91. The van der Waals surface area contributed by atoms with Crippen LogP contribution in [0.2, 0.25) is 0 Å². The van der Waals surface area contributed by atoms with Gasteiger partial charge in [-0.15, -0.1) is 0 Å². The Kier molecular flexibility index (Phi) is 9.16. The maximum absolute atomic E-state index is 14.4. The van der Waals surface area contributed by atoms with Crippen LogP contribution in [0.25, 0.3) is 0 Å². The lowest BCUT2D eigenvalue weighted by Crippen LogP contribution is -2.65. The van der Waals surface area contributed by atoms with Gasteiger partial charge in [0.1, 0.15) is 23.4 Å². The molecule has 0 radical (unpaired) electrons. The van der Waals surface area contributed by atoms with Crippen LogP contribution >= 0.6 is 0 Å². The normalized spacial score (nSPS) is 28.7. The Morgan fingerprint density at radius 3 is 2.53 bits per heavy atom. The van der Waals surface area contributed by atoms with Crippen LogP contribution < -0.4 is 26.8 Å². The molecule has 282 valence electrons. The summed E-state index contributed by atoms with van der Waals surface area (Å²) in [5, 5.41) is 11.2. The van der Waals surface area contributed by atoms with Crippen LogP contribution in [0.1, 0.15) is 83.3 Å². The minimum absolute atomic E-state index is 0.0582. The van der Waals surface area contributed by atoms with E-state index in [1.54, 1.807) is 13.0 Å². The number of benzene rings is 2. The SMILES string of the molecule is CC[C@H](NC(=O)[C@@H]1C[C@@](C)(NC(=O)Nc2ccccc2F)c2ncc(NCc3cccc(C(F)(F)F)c3)c(=O)n21)B1O[C@@H]2C[C@@H]3C[C@@H](C3(C)C)[C@]2(C)O1. The summed E-state index contributed by atoms with van der Waals surface area (Å²) in [6, 6.07) is 8.37. The van der Waals surface area contributed by atoms with Crippen molar-refractivity contribution in [3.63, 3.8) is 0 Å².